The van der Waals surface area contributed by atoms with Gasteiger partial charge in [-0.05, 0) is 41.9 Å². The van der Waals surface area contributed by atoms with E-state index in [9.17, 15) is 4.79 Å². The molecule has 5 nitrogen and oxygen atoms in total. The van der Waals surface area contributed by atoms with Gasteiger partial charge in [0.15, 0.2) is 0 Å². The highest BCUT2D eigenvalue weighted by molar-refractivity contribution is 9.10. The smallest absolute Gasteiger partial charge is 0.270 e. The Labute approximate surface area is 120 Å². The molecule has 1 N–H and O–H groups in total. The van der Waals surface area contributed by atoms with E-state index in [0.717, 1.165) is 15.7 Å². The summed E-state index contributed by atoms with van der Waals surface area (Å²) >= 11 is 3.29. The topological polar surface area (TPSA) is 59.8 Å². The number of hydrogen-bond donors (Lipinski definition) is 1. The molecule has 6 heteroatoms. The standard InChI is InChI=1S/C13H15BrN4O/c1-8(11-7-18(3)17-9(11)2)16-13(19)12-5-4-10(14)6-15-12/h4-8H,1-3H3,(H,16,19). The molecule has 1 amide bonds. The molecule has 0 spiro atoms. The first-order valence-electron chi connectivity index (χ1n) is 5.90. The summed E-state index contributed by atoms with van der Waals surface area (Å²) in [6, 6.07) is 3.37. The zero-order valence-electron chi connectivity index (χ0n) is 11.0. The van der Waals surface area contributed by atoms with Gasteiger partial charge in [-0.25, -0.2) is 4.98 Å². The zero-order valence-corrected chi connectivity index (χ0v) is 12.6. The molecule has 100 valence electrons. The third kappa shape index (κ3) is 3.20. The van der Waals surface area contributed by atoms with Crippen LogP contribution < -0.4 is 5.32 Å². The summed E-state index contributed by atoms with van der Waals surface area (Å²) in [5.41, 5.74) is 2.32. The summed E-state index contributed by atoms with van der Waals surface area (Å²) in [6.07, 6.45) is 3.52. The fraction of sp³-hybridized carbons (Fsp3) is 0.308. The van der Waals surface area contributed by atoms with E-state index in [0.29, 0.717) is 5.69 Å². The lowest BCUT2D eigenvalue weighted by molar-refractivity contribution is 0.0935. The van der Waals surface area contributed by atoms with E-state index in [-0.39, 0.29) is 11.9 Å². The van der Waals surface area contributed by atoms with Gasteiger partial charge in [-0.3, -0.25) is 9.48 Å². The molecule has 2 rings (SSSR count). The second kappa shape index (κ2) is 5.52. The second-order valence-electron chi connectivity index (χ2n) is 4.40. The molecule has 0 aliphatic heterocycles. The van der Waals surface area contributed by atoms with E-state index in [2.05, 4.69) is 31.3 Å². The molecule has 1 unspecified atom stereocenters. The summed E-state index contributed by atoms with van der Waals surface area (Å²) in [5.74, 6) is -0.191. The van der Waals surface area contributed by atoms with Gasteiger partial charge in [0.25, 0.3) is 5.91 Å². The van der Waals surface area contributed by atoms with E-state index in [4.69, 9.17) is 0 Å². The summed E-state index contributed by atoms with van der Waals surface area (Å²) in [7, 11) is 1.86. The number of nitrogens with zero attached hydrogens (tertiary/aromatic N) is 3. The average Bonchev–Trinajstić information content (AvgIpc) is 2.69. The van der Waals surface area contributed by atoms with Crippen molar-refractivity contribution >= 4 is 21.8 Å². The molecule has 0 radical (unpaired) electrons. The number of aryl methyl sites for hydroxylation is 2. The highest BCUT2D eigenvalue weighted by Gasteiger charge is 2.15. The Kier molecular flexibility index (Phi) is 3.99. The molecule has 0 saturated heterocycles. The van der Waals surface area contributed by atoms with Gasteiger partial charge in [-0.1, -0.05) is 0 Å². The van der Waals surface area contributed by atoms with E-state index < -0.39 is 0 Å². The molecule has 0 aliphatic carbocycles. The molecule has 0 saturated carbocycles. The molecule has 2 aromatic heterocycles. The van der Waals surface area contributed by atoms with Crippen LogP contribution in [0.1, 0.15) is 34.7 Å². The molecule has 0 aromatic carbocycles. The predicted octanol–water partition coefficient (Wildman–Crippen LogP) is 2.38. The van der Waals surface area contributed by atoms with Crippen LogP contribution in [0.25, 0.3) is 0 Å². The van der Waals surface area contributed by atoms with Crippen molar-refractivity contribution in [3.8, 4) is 0 Å². The maximum absolute atomic E-state index is 12.0. The number of carbonyl (C=O) groups excluding carboxylic acids is 1. The van der Waals surface area contributed by atoms with E-state index in [1.807, 2.05) is 27.1 Å². The first kappa shape index (κ1) is 13.7. The molecule has 0 fully saturated rings. The Hall–Kier alpha value is -1.69. The van der Waals surface area contributed by atoms with Crippen molar-refractivity contribution in [1.82, 2.24) is 20.1 Å². The zero-order chi connectivity index (χ0) is 14.0. The Balaban J connectivity index is 2.10. The van der Waals surface area contributed by atoms with Gasteiger partial charge in [0.2, 0.25) is 0 Å². The minimum atomic E-state index is -0.191. The lowest BCUT2D eigenvalue weighted by Gasteiger charge is -2.12. The number of pyridine rings is 1. The fourth-order valence-electron chi connectivity index (χ4n) is 1.90. The van der Waals surface area contributed by atoms with Crippen molar-refractivity contribution < 1.29 is 4.79 Å². The molecule has 2 heterocycles. The summed E-state index contributed by atoms with van der Waals surface area (Å²) in [5, 5.41) is 7.18. The monoisotopic (exact) mass is 322 g/mol. The fourth-order valence-corrected chi connectivity index (χ4v) is 2.14. The maximum atomic E-state index is 12.0. The van der Waals surface area contributed by atoms with Gasteiger partial charge in [0, 0.05) is 29.5 Å². The van der Waals surface area contributed by atoms with Crippen LogP contribution >= 0.6 is 15.9 Å². The molecule has 1 atom stereocenters. The van der Waals surface area contributed by atoms with Crippen LogP contribution in [-0.2, 0) is 7.05 Å². The van der Waals surface area contributed by atoms with Gasteiger partial charge >= 0.3 is 0 Å². The number of nitrogens with one attached hydrogen (secondary N) is 1. The Morgan fingerprint density at radius 3 is 2.74 bits per heavy atom. The Bertz CT molecular complexity index is 591. The first-order valence-corrected chi connectivity index (χ1v) is 6.69. The summed E-state index contributed by atoms with van der Waals surface area (Å²) in [4.78, 5) is 16.1. The van der Waals surface area contributed by atoms with E-state index in [1.165, 1.54) is 0 Å². The molecule has 0 aliphatic rings. The number of halogens is 1. The lowest BCUT2D eigenvalue weighted by Crippen LogP contribution is -2.27. The van der Waals surface area contributed by atoms with Gasteiger partial charge in [0.05, 0.1) is 11.7 Å². The number of amides is 1. The molecule has 19 heavy (non-hydrogen) atoms. The van der Waals surface area contributed by atoms with Gasteiger partial charge in [0.1, 0.15) is 5.69 Å². The normalized spacial score (nSPS) is 12.2. The number of rotatable bonds is 3. The van der Waals surface area contributed by atoms with Crippen molar-refractivity contribution in [1.29, 1.82) is 0 Å². The van der Waals surface area contributed by atoms with Gasteiger partial charge in [-0.2, -0.15) is 5.10 Å². The van der Waals surface area contributed by atoms with Crippen molar-refractivity contribution in [2.75, 3.05) is 0 Å². The van der Waals surface area contributed by atoms with E-state index >= 15 is 0 Å². The van der Waals surface area contributed by atoms with Crippen molar-refractivity contribution in [2.24, 2.45) is 7.05 Å². The molecular formula is C13H15BrN4O. The summed E-state index contributed by atoms with van der Waals surface area (Å²) in [6.45, 7) is 3.86. The van der Waals surface area contributed by atoms with Crippen molar-refractivity contribution in [3.63, 3.8) is 0 Å². The second-order valence-corrected chi connectivity index (χ2v) is 5.32. The predicted molar refractivity (Wildman–Crippen MR) is 75.8 cm³/mol. The number of aromatic nitrogens is 3. The van der Waals surface area contributed by atoms with E-state index in [1.54, 1.807) is 23.0 Å². The minimum absolute atomic E-state index is 0.105. The number of carbonyl (C=O) groups is 1. The summed E-state index contributed by atoms with van der Waals surface area (Å²) < 4.78 is 2.59. The van der Waals surface area contributed by atoms with Gasteiger partial charge in [-0.15, -0.1) is 0 Å². The third-order valence-electron chi connectivity index (χ3n) is 2.83. The van der Waals surface area contributed by atoms with Crippen LogP contribution in [0.2, 0.25) is 0 Å². The molecule has 2 aromatic rings. The molecular weight excluding hydrogens is 308 g/mol. The minimum Gasteiger partial charge on any atom is -0.344 e. The van der Waals surface area contributed by atoms with Crippen LogP contribution in [0.5, 0.6) is 0 Å². The third-order valence-corrected chi connectivity index (χ3v) is 3.29. The lowest BCUT2D eigenvalue weighted by atomic mass is 10.1. The highest BCUT2D eigenvalue weighted by atomic mass is 79.9. The quantitative estimate of drug-likeness (QED) is 0.943. The maximum Gasteiger partial charge on any atom is 0.270 e. The van der Waals surface area contributed by atoms with Crippen molar-refractivity contribution in [2.45, 2.75) is 19.9 Å². The molecule has 0 bridgehead atoms. The van der Waals surface area contributed by atoms with Crippen molar-refractivity contribution in [3.05, 3.63) is 46.0 Å². The van der Waals surface area contributed by atoms with Crippen LogP contribution in [-0.4, -0.2) is 20.7 Å². The number of hydrogen-bond acceptors (Lipinski definition) is 3. The largest absolute Gasteiger partial charge is 0.344 e. The Morgan fingerprint density at radius 1 is 1.47 bits per heavy atom. The van der Waals surface area contributed by atoms with Crippen LogP contribution in [0.3, 0.4) is 0 Å². The average molecular weight is 323 g/mol. The SMILES string of the molecule is Cc1nn(C)cc1C(C)NC(=O)c1ccc(Br)cn1. The van der Waals surface area contributed by atoms with Crippen LogP contribution in [0, 0.1) is 6.92 Å². The van der Waals surface area contributed by atoms with Crippen LogP contribution in [0.15, 0.2) is 29.0 Å². The van der Waals surface area contributed by atoms with Gasteiger partial charge < -0.3 is 5.32 Å². The first-order chi connectivity index (χ1) is 8.97. The Morgan fingerprint density at radius 2 is 2.21 bits per heavy atom. The van der Waals surface area contributed by atoms with Crippen LogP contribution in [0.4, 0.5) is 0 Å². The highest BCUT2D eigenvalue weighted by Crippen LogP contribution is 2.16.